The first-order valence-corrected chi connectivity index (χ1v) is 9.26. The lowest BCUT2D eigenvalue weighted by Gasteiger charge is -2.08. The summed E-state index contributed by atoms with van der Waals surface area (Å²) in [6.07, 6.45) is 2.99. The van der Waals surface area contributed by atoms with E-state index in [1.165, 1.54) is 18.3 Å². The molecule has 1 heterocycles. The van der Waals surface area contributed by atoms with E-state index in [1.807, 2.05) is 30.3 Å². The van der Waals surface area contributed by atoms with Crippen LogP contribution in [0.5, 0.6) is 0 Å². The molecule has 3 aromatic rings. The Morgan fingerprint density at radius 2 is 1.92 bits per heavy atom. The van der Waals surface area contributed by atoms with E-state index in [9.17, 15) is 13.2 Å². The van der Waals surface area contributed by atoms with Gasteiger partial charge < -0.3 is 5.11 Å². The van der Waals surface area contributed by atoms with Crippen molar-refractivity contribution < 1.29 is 18.3 Å². The van der Waals surface area contributed by atoms with Crippen molar-refractivity contribution in [2.75, 3.05) is 4.72 Å². The van der Waals surface area contributed by atoms with E-state index in [0.717, 1.165) is 11.6 Å². The van der Waals surface area contributed by atoms with E-state index in [4.69, 9.17) is 5.11 Å². The lowest BCUT2D eigenvalue weighted by molar-refractivity contribution is 0.0696. The minimum atomic E-state index is -3.91. The fraction of sp³-hybridized carbons (Fsp3) is 0.111. The standard InChI is InChI=1S/C18H17N3O4S/c1-13-7-8-16(9-17(13)18(22)23)26(24,25)20-15-10-19-21(12-15)11-14-5-3-2-4-6-14/h2-10,12,20H,11H2,1H3,(H,22,23). The molecule has 26 heavy (non-hydrogen) atoms. The summed E-state index contributed by atoms with van der Waals surface area (Å²) < 4.78 is 29.1. The van der Waals surface area contributed by atoms with Crippen molar-refractivity contribution in [1.82, 2.24) is 9.78 Å². The third-order valence-corrected chi connectivity index (χ3v) is 5.20. The molecule has 0 unspecified atom stereocenters. The van der Waals surface area contributed by atoms with Crippen LogP contribution in [0.15, 0.2) is 65.8 Å². The largest absolute Gasteiger partial charge is 0.478 e. The molecule has 3 rings (SSSR count). The van der Waals surface area contributed by atoms with Gasteiger partial charge in [-0.3, -0.25) is 9.40 Å². The number of aryl methyl sites for hydroxylation is 1. The van der Waals surface area contributed by atoms with Gasteiger partial charge in [0.1, 0.15) is 0 Å². The average molecular weight is 371 g/mol. The van der Waals surface area contributed by atoms with Crippen molar-refractivity contribution in [3.05, 3.63) is 77.6 Å². The van der Waals surface area contributed by atoms with Crippen molar-refractivity contribution in [3.8, 4) is 0 Å². The predicted octanol–water partition coefficient (Wildman–Crippen LogP) is 2.74. The molecule has 0 aliphatic rings. The van der Waals surface area contributed by atoms with Gasteiger partial charge in [0.2, 0.25) is 0 Å². The fourth-order valence-electron chi connectivity index (χ4n) is 2.49. The molecular weight excluding hydrogens is 354 g/mol. The minimum absolute atomic E-state index is 0.0485. The Hall–Kier alpha value is -3.13. The van der Waals surface area contributed by atoms with Crippen LogP contribution in [0.2, 0.25) is 0 Å². The van der Waals surface area contributed by atoms with Crippen molar-refractivity contribution in [2.45, 2.75) is 18.4 Å². The highest BCUT2D eigenvalue weighted by Crippen LogP contribution is 2.19. The van der Waals surface area contributed by atoms with Crippen LogP contribution in [0.4, 0.5) is 5.69 Å². The Kier molecular flexibility index (Phi) is 4.77. The van der Waals surface area contributed by atoms with Crippen molar-refractivity contribution >= 4 is 21.7 Å². The normalized spacial score (nSPS) is 11.3. The molecule has 0 amide bonds. The third-order valence-electron chi connectivity index (χ3n) is 3.82. The molecule has 0 bridgehead atoms. The quantitative estimate of drug-likeness (QED) is 0.694. The molecule has 2 aromatic carbocycles. The van der Waals surface area contributed by atoms with E-state index < -0.39 is 16.0 Å². The number of rotatable bonds is 6. The Labute approximate surface area is 151 Å². The Balaban J connectivity index is 1.80. The molecule has 1 aromatic heterocycles. The Morgan fingerprint density at radius 1 is 1.19 bits per heavy atom. The first-order valence-electron chi connectivity index (χ1n) is 7.78. The molecule has 0 spiro atoms. The highest BCUT2D eigenvalue weighted by Gasteiger charge is 2.18. The van der Waals surface area contributed by atoms with Gasteiger partial charge in [-0.1, -0.05) is 36.4 Å². The fourth-order valence-corrected chi connectivity index (χ4v) is 3.54. The number of carboxylic acid groups (broad SMARTS) is 1. The van der Waals surface area contributed by atoms with Crippen LogP contribution in [0.3, 0.4) is 0 Å². The number of carboxylic acids is 1. The average Bonchev–Trinajstić information content (AvgIpc) is 3.01. The van der Waals surface area contributed by atoms with Gasteiger partial charge in [0.25, 0.3) is 10.0 Å². The Morgan fingerprint density at radius 3 is 2.62 bits per heavy atom. The topological polar surface area (TPSA) is 101 Å². The van der Waals surface area contributed by atoms with Crippen LogP contribution in [-0.2, 0) is 16.6 Å². The number of nitrogens with one attached hydrogen (secondary N) is 1. The van der Waals surface area contributed by atoms with E-state index in [0.29, 0.717) is 17.8 Å². The molecule has 0 radical (unpaired) electrons. The summed E-state index contributed by atoms with van der Waals surface area (Å²) in [5.74, 6) is -1.17. The number of benzene rings is 2. The molecule has 0 atom stereocenters. The van der Waals surface area contributed by atoms with Gasteiger partial charge in [0, 0.05) is 6.20 Å². The van der Waals surface area contributed by atoms with Gasteiger partial charge in [0.05, 0.1) is 28.9 Å². The maximum absolute atomic E-state index is 12.5. The summed E-state index contributed by atoms with van der Waals surface area (Å²) in [5.41, 5.74) is 1.79. The third kappa shape index (κ3) is 3.92. The number of anilines is 1. The molecule has 0 saturated heterocycles. The number of sulfonamides is 1. The van der Waals surface area contributed by atoms with E-state index in [-0.39, 0.29) is 10.5 Å². The summed E-state index contributed by atoms with van der Waals surface area (Å²) in [6, 6.07) is 13.6. The van der Waals surface area contributed by atoms with Crippen LogP contribution in [0.25, 0.3) is 0 Å². The first kappa shape index (κ1) is 17.7. The molecule has 0 fully saturated rings. The molecule has 2 N–H and O–H groups in total. The van der Waals surface area contributed by atoms with Crippen LogP contribution < -0.4 is 4.72 Å². The summed E-state index contributed by atoms with van der Waals surface area (Å²) in [4.78, 5) is 11.1. The molecule has 134 valence electrons. The zero-order valence-electron chi connectivity index (χ0n) is 14.0. The molecule has 7 nitrogen and oxygen atoms in total. The number of aromatic carboxylic acids is 1. The highest BCUT2D eigenvalue weighted by atomic mass is 32.2. The van der Waals surface area contributed by atoms with E-state index >= 15 is 0 Å². The number of carbonyl (C=O) groups is 1. The first-order chi connectivity index (χ1) is 12.3. The molecule has 0 aliphatic heterocycles. The highest BCUT2D eigenvalue weighted by molar-refractivity contribution is 7.92. The van der Waals surface area contributed by atoms with Gasteiger partial charge in [-0.05, 0) is 30.2 Å². The number of aromatic nitrogens is 2. The predicted molar refractivity (Wildman–Crippen MR) is 96.7 cm³/mol. The Bertz CT molecular complexity index is 1040. The van der Waals surface area contributed by atoms with Gasteiger partial charge in [-0.25, -0.2) is 13.2 Å². The summed E-state index contributed by atoms with van der Waals surface area (Å²) in [5, 5.41) is 13.3. The summed E-state index contributed by atoms with van der Waals surface area (Å²) >= 11 is 0. The maximum Gasteiger partial charge on any atom is 0.335 e. The second-order valence-electron chi connectivity index (χ2n) is 5.80. The van der Waals surface area contributed by atoms with Gasteiger partial charge >= 0.3 is 5.97 Å². The second kappa shape index (κ2) is 7.01. The van der Waals surface area contributed by atoms with E-state index in [1.54, 1.807) is 17.8 Å². The molecule has 8 heteroatoms. The van der Waals surface area contributed by atoms with Crippen molar-refractivity contribution in [2.24, 2.45) is 0 Å². The van der Waals surface area contributed by atoms with Gasteiger partial charge in [-0.15, -0.1) is 0 Å². The number of hydrogen-bond acceptors (Lipinski definition) is 4. The maximum atomic E-state index is 12.5. The SMILES string of the molecule is Cc1ccc(S(=O)(=O)Nc2cnn(Cc3ccccc3)c2)cc1C(=O)O. The zero-order valence-corrected chi connectivity index (χ0v) is 14.8. The van der Waals surface area contributed by atoms with Crippen molar-refractivity contribution in [1.29, 1.82) is 0 Å². The van der Waals surface area contributed by atoms with Crippen molar-refractivity contribution in [3.63, 3.8) is 0 Å². The van der Waals surface area contributed by atoms with Gasteiger partial charge in [-0.2, -0.15) is 5.10 Å². The zero-order chi connectivity index (χ0) is 18.7. The van der Waals surface area contributed by atoms with Crippen LogP contribution in [-0.4, -0.2) is 29.3 Å². The smallest absolute Gasteiger partial charge is 0.335 e. The van der Waals surface area contributed by atoms with E-state index in [2.05, 4.69) is 9.82 Å². The lowest BCUT2D eigenvalue weighted by Crippen LogP contribution is -2.14. The summed E-state index contributed by atoms with van der Waals surface area (Å²) in [6.45, 7) is 2.12. The number of nitrogens with zero attached hydrogens (tertiary/aromatic N) is 2. The monoisotopic (exact) mass is 371 g/mol. The summed E-state index contributed by atoms with van der Waals surface area (Å²) in [7, 11) is -3.91. The van der Waals surface area contributed by atoms with Crippen LogP contribution >= 0.6 is 0 Å². The second-order valence-corrected chi connectivity index (χ2v) is 7.48. The lowest BCUT2D eigenvalue weighted by atomic mass is 10.1. The van der Waals surface area contributed by atoms with Crippen LogP contribution in [0, 0.1) is 6.92 Å². The molecule has 0 saturated carbocycles. The molecular formula is C18H17N3O4S. The van der Waals surface area contributed by atoms with Crippen LogP contribution in [0.1, 0.15) is 21.5 Å². The molecule has 0 aliphatic carbocycles. The number of hydrogen-bond donors (Lipinski definition) is 2. The minimum Gasteiger partial charge on any atom is -0.478 e. The van der Waals surface area contributed by atoms with Gasteiger partial charge in [0.15, 0.2) is 0 Å².